The van der Waals surface area contributed by atoms with Gasteiger partial charge in [0.25, 0.3) is 0 Å². The number of nitrogens with zero attached hydrogens (tertiary/aromatic N) is 2. The summed E-state index contributed by atoms with van der Waals surface area (Å²) in [4.78, 5) is 14.7. The summed E-state index contributed by atoms with van der Waals surface area (Å²) < 4.78 is 1.92. The minimum absolute atomic E-state index is 0.140. The molecule has 0 spiro atoms. The van der Waals surface area contributed by atoms with E-state index >= 15 is 0 Å². The zero-order valence-corrected chi connectivity index (χ0v) is 13.2. The highest BCUT2D eigenvalue weighted by Crippen LogP contribution is 2.24. The van der Waals surface area contributed by atoms with Crippen molar-refractivity contribution in [1.29, 1.82) is 0 Å². The third-order valence-electron chi connectivity index (χ3n) is 3.65. The lowest BCUT2D eigenvalue weighted by atomic mass is 10.1. The summed E-state index contributed by atoms with van der Waals surface area (Å²) in [6.07, 6.45) is 0. The van der Waals surface area contributed by atoms with Gasteiger partial charge in [0.15, 0.2) is 0 Å². The minimum atomic E-state index is 0.140. The van der Waals surface area contributed by atoms with Crippen LogP contribution >= 0.6 is 23.1 Å². The van der Waals surface area contributed by atoms with Gasteiger partial charge in [0.2, 0.25) is 0 Å². The van der Waals surface area contributed by atoms with Crippen LogP contribution in [0, 0.1) is 6.92 Å². The third-order valence-corrected chi connectivity index (χ3v) is 5.35. The van der Waals surface area contributed by atoms with Crippen molar-refractivity contribution in [2.75, 3.05) is 24.6 Å². The second kappa shape index (κ2) is 6.16. The molecule has 3 nitrogen and oxygen atoms in total. The molecule has 20 heavy (non-hydrogen) atoms. The van der Waals surface area contributed by atoms with E-state index in [2.05, 4.69) is 24.0 Å². The van der Waals surface area contributed by atoms with Gasteiger partial charge in [-0.1, -0.05) is 35.6 Å². The van der Waals surface area contributed by atoms with E-state index in [1.54, 1.807) is 0 Å². The lowest BCUT2D eigenvalue weighted by Crippen LogP contribution is -2.36. The summed E-state index contributed by atoms with van der Waals surface area (Å²) in [6, 6.07) is 8.26. The Bertz CT molecular complexity index is 641. The average Bonchev–Trinajstić information content (AvgIpc) is 2.82. The SMILES string of the molecule is Cc1ccccc1-c1csc(=O)n1CN1CCSCC1. The van der Waals surface area contributed by atoms with Crippen LogP contribution in [0.2, 0.25) is 0 Å². The Labute approximate surface area is 127 Å². The van der Waals surface area contributed by atoms with Gasteiger partial charge in [-0.2, -0.15) is 11.8 Å². The number of thioether (sulfide) groups is 1. The highest BCUT2D eigenvalue weighted by atomic mass is 32.2. The van der Waals surface area contributed by atoms with Gasteiger partial charge in [0.1, 0.15) is 0 Å². The first-order valence-electron chi connectivity index (χ1n) is 6.80. The molecule has 0 aliphatic carbocycles. The monoisotopic (exact) mass is 306 g/mol. The summed E-state index contributed by atoms with van der Waals surface area (Å²) in [5.41, 5.74) is 3.43. The Morgan fingerprint density at radius 2 is 1.95 bits per heavy atom. The van der Waals surface area contributed by atoms with Gasteiger partial charge in [0.05, 0.1) is 12.4 Å². The first kappa shape index (κ1) is 13.9. The zero-order valence-electron chi connectivity index (χ0n) is 11.5. The smallest absolute Gasteiger partial charge is 0.285 e. The molecular formula is C15H18N2OS2. The normalized spacial score (nSPS) is 16.4. The van der Waals surface area contributed by atoms with Crippen LogP contribution in [0.1, 0.15) is 5.56 Å². The number of hydrogen-bond acceptors (Lipinski definition) is 4. The molecule has 0 bridgehead atoms. The van der Waals surface area contributed by atoms with Gasteiger partial charge < -0.3 is 0 Å². The molecule has 0 atom stereocenters. The van der Waals surface area contributed by atoms with Crippen molar-refractivity contribution in [1.82, 2.24) is 9.47 Å². The highest BCUT2D eigenvalue weighted by molar-refractivity contribution is 7.99. The largest absolute Gasteiger partial charge is 0.308 e. The Morgan fingerprint density at radius 1 is 1.20 bits per heavy atom. The second-order valence-electron chi connectivity index (χ2n) is 5.00. The van der Waals surface area contributed by atoms with Crippen molar-refractivity contribution in [3.8, 4) is 11.3 Å². The molecule has 1 saturated heterocycles. The van der Waals surface area contributed by atoms with Crippen molar-refractivity contribution in [2.24, 2.45) is 0 Å². The van der Waals surface area contributed by atoms with Gasteiger partial charge in [-0.15, -0.1) is 0 Å². The van der Waals surface area contributed by atoms with Crippen LogP contribution in [0.15, 0.2) is 34.4 Å². The molecule has 0 saturated carbocycles. The summed E-state index contributed by atoms with van der Waals surface area (Å²) in [6.45, 7) is 4.95. The number of benzene rings is 1. The Balaban J connectivity index is 1.93. The number of thiazole rings is 1. The summed E-state index contributed by atoms with van der Waals surface area (Å²) in [5.74, 6) is 2.33. The molecule has 1 fully saturated rings. The van der Waals surface area contributed by atoms with Gasteiger partial charge >= 0.3 is 4.87 Å². The quantitative estimate of drug-likeness (QED) is 0.872. The molecule has 1 aromatic heterocycles. The van der Waals surface area contributed by atoms with Gasteiger partial charge in [-0.05, 0) is 12.5 Å². The van der Waals surface area contributed by atoms with Crippen molar-refractivity contribution in [3.05, 3.63) is 44.9 Å². The van der Waals surface area contributed by atoms with Gasteiger partial charge in [-0.25, -0.2) is 0 Å². The van der Waals surface area contributed by atoms with Crippen molar-refractivity contribution < 1.29 is 0 Å². The lowest BCUT2D eigenvalue weighted by molar-refractivity contribution is 0.240. The van der Waals surface area contributed by atoms with E-state index in [9.17, 15) is 4.79 Å². The molecule has 1 aliphatic rings. The molecule has 0 radical (unpaired) electrons. The standard InChI is InChI=1S/C15H18N2OS2/c1-12-4-2-3-5-13(12)14-10-20-15(18)17(14)11-16-6-8-19-9-7-16/h2-5,10H,6-9,11H2,1H3. The zero-order chi connectivity index (χ0) is 13.9. The number of rotatable bonds is 3. The lowest BCUT2D eigenvalue weighted by Gasteiger charge is -2.26. The summed E-state index contributed by atoms with van der Waals surface area (Å²) in [7, 11) is 0. The molecular weight excluding hydrogens is 288 g/mol. The molecule has 106 valence electrons. The molecule has 0 unspecified atom stereocenters. The number of aromatic nitrogens is 1. The maximum atomic E-state index is 12.1. The predicted molar refractivity (Wildman–Crippen MR) is 87.7 cm³/mol. The fraction of sp³-hybridized carbons (Fsp3) is 0.400. The molecule has 2 heterocycles. The fourth-order valence-corrected chi connectivity index (χ4v) is 4.21. The van der Waals surface area contributed by atoms with Crippen LogP contribution in [0.25, 0.3) is 11.3 Å². The van der Waals surface area contributed by atoms with Crippen LogP contribution in [0.5, 0.6) is 0 Å². The fourth-order valence-electron chi connectivity index (χ4n) is 2.48. The van der Waals surface area contributed by atoms with E-state index < -0.39 is 0 Å². The van der Waals surface area contributed by atoms with E-state index in [1.807, 2.05) is 33.8 Å². The molecule has 5 heteroatoms. The van der Waals surface area contributed by atoms with Gasteiger partial charge in [-0.3, -0.25) is 14.3 Å². The summed E-state index contributed by atoms with van der Waals surface area (Å²) >= 11 is 3.29. The van der Waals surface area contributed by atoms with Crippen LogP contribution in [0.3, 0.4) is 0 Å². The Kier molecular flexibility index (Phi) is 4.29. The first-order valence-corrected chi connectivity index (χ1v) is 8.83. The molecule has 1 aliphatic heterocycles. The predicted octanol–water partition coefficient (Wildman–Crippen LogP) is 2.89. The maximum absolute atomic E-state index is 12.1. The van der Waals surface area contributed by atoms with E-state index in [1.165, 1.54) is 28.4 Å². The third kappa shape index (κ3) is 2.85. The second-order valence-corrected chi connectivity index (χ2v) is 7.05. The van der Waals surface area contributed by atoms with Crippen LogP contribution < -0.4 is 4.87 Å². The molecule has 2 aromatic rings. The van der Waals surface area contributed by atoms with Crippen LogP contribution in [-0.4, -0.2) is 34.1 Å². The Hall–Kier alpha value is -1.04. The number of aryl methyl sites for hydroxylation is 1. The van der Waals surface area contributed by atoms with E-state index in [-0.39, 0.29) is 4.87 Å². The molecule has 3 rings (SSSR count). The van der Waals surface area contributed by atoms with Crippen molar-refractivity contribution in [2.45, 2.75) is 13.6 Å². The van der Waals surface area contributed by atoms with E-state index in [0.717, 1.165) is 24.3 Å². The van der Waals surface area contributed by atoms with Gasteiger partial charge in [0, 0.05) is 35.5 Å². The molecule has 0 N–H and O–H groups in total. The van der Waals surface area contributed by atoms with Crippen molar-refractivity contribution >= 4 is 23.1 Å². The van der Waals surface area contributed by atoms with Crippen LogP contribution in [0.4, 0.5) is 0 Å². The number of hydrogen-bond donors (Lipinski definition) is 0. The molecule has 1 aromatic carbocycles. The highest BCUT2D eigenvalue weighted by Gasteiger charge is 2.16. The Morgan fingerprint density at radius 3 is 2.70 bits per heavy atom. The summed E-state index contributed by atoms with van der Waals surface area (Å²) in [5, 5.41) is 1.99. The maximum Gasteiger partial charge on any atom is 0.308 e. The van der Waals surface area contributed by atoms with E-state index in [0.29, 0.717) is 6.67 Å². The molecule has 0 amide bonds. The van der Waals surface area contributed by atoms with E-state index in [4.69, 9.17) is 0 Å². The average molecular weight is 306 g/mol. The topological polar surface area (TPSA) is 25.2 Å². The first-order chi connectivity index (χ1) is 9.75. The van der Waals surface area contributed by atoms with Crippen LogP contribution in [-0.2, 0) is 6.67 Å². The van der Waals surface area contributed by atoms with Crippen molar-refractivity contribution in [3.63, 3.8) is 0 Å². The minimum Gasteiger partial charge on any atom is -0.285 e.